The molecule has 122 valence electrons. The number of amides is 1. The van der Waals surface area contributed by atoms with Crippen LogP contribution in [-0.4, -0.2) is 20.9 Å². The van der Waals surface area contributed by atoms with E-state index in [2.05, 4.69) is 4.72 Å². The normalized spacial score (nSPS) is 12.6. The smallest absolute Gasteiger partial charge is 0.241 e. The summed E-state index contributed by atoms with van der Waals surface area (Å²) in [7, 11) is -3.89. The van der Waals surface area contributed by atoms with Crippen LogP contribution in [0.25, 0.3) is 0 Å². The molecule has 0 spiro atoms. The van der Waals surface area contributed by atoms with Crippen LogP contribution in [0.5, 0.6) is 5.75 Å². The molecule has 2 aromatic rings. The largest absolute Gasteiger partial charge is 0.494 e. The Labute approximate surface area is 135 Å². The first-order valence-corrected chi connectivity index (χ1v) is 8.52. The van der Waals surface area contributed by atoms with E-state index >= 15 is 0 Å². The predicted octanol–water partition coefficient (Wildman–Crippen LogP) is 1.59. The molecule has 0 heterocycles. The summed E-state index contributed by atoms with van der Waals surface area (Å²) in [6, 6.07) is 13.3. The molecule has 0 saturated heterocycles. The van der Waals surface area contributed by atoms with E-state index < -0.39 is 22.0 Å². The summed E-state index contributed by atoms with van der Waals surface area (Å²) in [6.45, 7) is 2.33. The Hall–Kier alpha value is -2.38. The first kappa shape index (κ1) is 17.0. The molecule has 3 N–H and O–H groups in total. The second-order valence-electron chi connectivity index (χ2n) is 4.77. The Balaban J connectivity index is 2.26. The number of hydrogen-bond donors (Lipinski definition) is 2. The fraction of sp³-hybridized carbons (Fsp3) is 0.188. The number of nitrogens with two attached hydrogens (primary N) is 1. The molecule has 0 fully saturated rings. The van der Waals surface area contributed by atoms with Gasteiger partial charge in [0.2, 0.25) is 15.9 Å². The molecule has 1 amide bonds. The van der Waals surface area contributed by atoms with Gasteiger partial charge in [-0.25, -0.2) is 8.42 Å². The second kappa shape index (κ2) is 7.26. The standard InChI is InChI=1S/C16H18N2O4S/c1-2-22-13-8-10-14(11-9-13)23(20,21)18-15(16(17)19)12-6-4-3-5-7-12/h3-11,15,18H,2H2,1H3,(H2,17,19). The van der Waals surface area contributed by atoms with Gasteiger partial charge >= 0.3 is 0 Å². The second-order valence-corrected chi connectivity index (χ2v) is 6.49. The Morgan fingerprint density at radius 2 is 1.74 bits per heavy atom. The van der Waals surface area contributed by atoms with E-state index in [1.807, 2.05) is 6.92 Å². The number of carbonyl (C=O) groups excluding carboxylic acids is 1. The fourth-order valence-corrected chi connectivity index (χ4v) is 3.23. The molecule has 0 bridgehead atoms. The molecule has 2 rings (SSSR count). The van der Waals surface area contributed by atoms with Crippen molar-refractivity contribution in [2.24, 2.45) is 5.73 Å². The van der Waals surface area contributed by atoms with Gasteiger partial charge in [-0.3, -0.25) is 4.79 Å². The van der Waals surface area contributed by atoms with E-state index in [9.17, 15) is 13.2 Å². The van der Waals surface area contributed by atoms with Crippen molar-refractivity contribution in [3.8, 4) is 5.75 Å². The summed E-state index contributed by atoms with van der Waals surface area (Å²) in [5.74, 6) is -0.202. The number of nitrogens with one attached hydrogen (secondary N) is 1. The van der Waals surface area contributed by atoms with Crippen LogP contribution in [0.1, 0.15) is 18.5 Å². The van der Waals surface area contributed by atoms with E-state index in [-0.39, 0.29) is 4.90 Å². The van der Waals surface area contributed by atoms with Gasteiger partial charge in [0, 0.05) is 0 Å². The number of carbonyl (C=O) groups is 1. The van der Waals surface area contributed by atoms with E-state index in [1.165, 1.54) is 12.1 Å². The Morgan fingerprint density at radius 1 is 1.13 bits per heavy atom. The molecule has 2 aromatic carbocycles. The van der Waals surface area contributed by atoms with E-state index in [4.69, 9.17) is 10.5 Å². The van der Waals surface area contributed by atoms with Crippen molar-refractivity contribution in [2.45, 2.75) is 17.9 Å². The lowest BCUT2D eigenvalue weighted by Gasteiger charge is -2.16. The number of benzene rings is 2. The quantitative estimate of drug-likeness (QED) is 0.803. The van der Waals surface area contributed by atoms with Gasteiger partial charge < -0.3 is 10.5 Å². The van der Waals surface area contributed by atoms with E-state index in [0.717, 1.165) is 0 Å². The number of primary amides is 1. The van der Waals surface area contributed by atoms with Crippen LogP contribution in [0.3, 0.4) is 0 Å². The summed E-state index contributed by atoms with van der Waals surface area (Å²) in [5.41, 5.74) is 5.81. The van der Waals surface area contributed by atoms with Crippen LogP contribution >= 0.6 is 0 Å². The average molecular weight is 334 g/mol. The SMILES string of the molecule is CCOc1ccc(S(=O)(=O)NC(C(N)=O)c2ccccc2)cc1. The van der Waals surface area contributed by atoms with Crippen molar-refractivity contribution in [1.29, 1.82) is 0 Å². The maximum Gasteiger partial charge on any atom is 0.241 e. The summed E-state index contributed by atoms with van der Waals surface area (Å²) >= 11 is 0. The van der Waals surface area contributed by atoms with E-state index in [1.54, 1.807) is 42.5 Å². The highest BCUT2D eigenvalue weighted by Crippen LogP contribution is 2.19. The van der Waals surface area contributed by atoms with Gasteiger partial charge in [-0.1, -0.05) is 30.3 Å². The lowest BCUT2D eigenvalue weighted by molar-refractivity contribution is -0.119. The Morgan fingerprint density at radius 3 is 2.26 bits per heavy atom. The lowest BCUT2D eigenvalue weighted by atomic mass is 10.1. The third-order valence-corrected chi connectivity index (χ3v) is 4.57. The maximum absolute atomic E-state index is 12.4. The molecule has 0 aromatic heterocycles. The third-order valence-electron chi connectivity index (χ3n) is 3.14. The van der Waals surface area contributed by atoms with Crippen molar-refractivity contribution in [3.63, 3.8) is 0 Å². The molecule has 0 aliphatic carbocycles. The van der Waals surface area contributed by atoms with E-state index in [0.29, 0.717) is 17.9 Å². The minimum atomic E-state index is -3.89. The molecular formula is C16H18N2O4S. The molecule has 0 radical (unpaired) electrons. The molecule has 1 unspecified atom stereocenters. The van der Waals surface area contributed by atoms with Gasteiger partial charge in [0.15, 0.2) is 0 Å². The van der Waals surface area contributed by atoms with Crippen LogP contribution < -0.4 is 15.2 Å². The lowest BCUT2D eigenvalue weighted by Crippen LogP contribution is -2.37. The first-order chi connectivity index (χ1) is 10.9. The molecule has 0 aliphatic rings. The van der Waals surface area contributed by atoms with Crippen LogP contribution in [0.15, 0.2) is 59.5 Å². The van der Waals surface area contributed by atoms with Gasteiger partial charge in [-0.05, 0) is 36.8 Å². The van der Waals surface area contributed by atoms with Crippen LogP contribution in [0, 0.1) is 0 Å². The highest BCUT2D eigenvalue weighted by Gasteiger charge is 2.25. The zero-order valence-corrected chi connectivity index (χ0v) is 13.4. The monoisotopic (exact) mass is 334 g/mol. The zero-order chi connectivity index (χ0) is 16.9. The number of rotatable bonds is 7. The van der Waals surface area contributed by atoms with Crippen LogP contribution in [-0.2, 0) is 14.8 Å². The average Bonchev–Trinajstić information content (AvgIpc) is 2.54. The number of ether oxygens (including phenoxy) is 1. The van der Waals surface area contributed by atoms with Crippen molar-refractivity contribution in [3.05, 3.63) is 60.2 Å². The Bertz CT molecular complexity index is 758. The zero-order valence-electron chi connectivity index (χ0n) is 12.6. The molecule has 1 atom stereocenters. The Kier molecular flexibility index (Phi) is 5.36. The van der Waals surface area contributed by atoms with Crippen molar-refractivity contribution in [2.75, 3.05) is 6.61 Å². The third kappa shape index (κ3) is 4.30. The summed E-state index contributed by atoms with van der Waals surface area (Å²) in [6.07, 6.45) is 0. The van der Waals surface area contributed by atoms with Gasteiger partial charge in [0.05, 0.1) is 11.5 Å². The van der Waals surface area contributed by atoms with Gasteiger partial charge in [-0.15, -0.1) is 0 Å². The topological polar surface area (TPSA) is 98.5 Å². The number of hydrogen-bond acceptors (Lipinski definition) is 4. The van der Waals surface area contributed by atoms with Crippen molar-refractivity contribution in [1.82, 2.24) is 4.72 Å². The fourth-order valence-electron chi connectivity index (χ4n) is 2.04. The van der Waals surface area contributed by atoms with Gasteiger partial charge in [-0.2, -0.15) is 4.72 Å². The minimum Gasteiger partial charge on any atom is -0.494 e. The van der Waals surface area contributed by atoms with Crippen molar-refractivity contribution >= 4 is 15.9 Å². The number of sulfonamides is 1. The van der Waals surface area contributed by atoms with Gasteiger partial charge in [0.1, 0.15) is 11.8 Å². The minimum absolute atomic E-state index is 0.0307. The molecule has 7 heteroatoms. The highest BCUT2D eigenvalue weighted by atomic mass is 32.2. The molecule has 0 aliphatic heterocycles. The summed E-state index contributed by atoms with van der Waals surface area (Å²) in [4.78, 5) is 11.7. The van der Waals surface area contributed by atoms with Crippen molar-refractivity contribution < 1.29 is 17.9 Å². The summed E-state index contributed by atoms with van der Waals surface area (Å²) in [5, 5.41) is 0. The molecule has 6 nitrogen and oxygen atoms in total. The molecular weight excluding hydrogens is 316 g/mol. The molecule has 0 saturated carbocycles. The van der Waals surface area contributed by atoms with Gasteiger partial charge in [0.25, 0.3) is 0 Å². The summed E-state index contributed by atoms with van der Waals surface area (Å²) < 4.78 is 32.5. The first-order valence-electron chi connectivity index (χ1n) is 7.03. The van der Waals surface area contributed by atoms with Crippen LogP contribution in [0.4, 0.5) is 0 Å². The highest BCUT2D eigenvalue weighted by molar-refractivity contribution is 7.89. The molecule has 23 heavy (non-hydrogen) atoms. The predicted molar refractivity (Wildman–Crippen MR) is 86.3 cm³/mol. The maximum atomic E-state index is 12.4. The van der Waals surface area contributed by atoms with Crippen LogP contribution in [0.2, 0.25) is 0 Å².